The molecule has 152 valence electrons. The van der Waals surface area contributed by atoms with Crippen molar-refractivity contribution in [2.45, 2.75) is 19.1 Å². The molecule has 1 unspecified atom stereocenters. The molecule has 0 radical (unpaired) electrons. The van der Waals surface area contributed by atoms with Crippen molar-refractivity contribution in [3.63, 3.8) is 0 Å². The molecule has 4 rings (SSSR count). The molecule has 0 bridgehead atoms. The lowest BCUT2D eigenvalue weighted by Crippen LogP contribution is -2.27. The summed E-state index contributed by atoms with van der Waals surface area (Å²) in [5.41, 5.74) is 6.23. The Kier molecular flexibility index (Phi) is 4.81. The third-order valence-corrected chi connectivity index (χ3v) is 5.06. The van der Waals surface area contributed by atoms with E-state index in [9.17, 15) is 18.0 Å². The van der Waals surface area contributed by atoms with E-state index < -0.39 is 17.6 Å². The molecule has 4 nitrogen and oxygen atoms in total. The Hall–Kier alpha value is -3.61. The van der Waals surface area contributed by atoms with Crippen LogP contribution in [-0.4, -0.2) is 10.9 Å². The van der Waals surface area contributed by atoms with Gasteiger partial charge in [0.1, 0.15) is 5.82 Å². The number of benzene rings is 3. The highest BCUT2D eigenvalue weighted by Crippen LogP contribution is 2.32. The maximum Gasteiger partial charge on any atom is 0.416 e. The van der Waals surface area contributed by atoms with E-state index in [1.807, 2.05) is 49.4 Å². The number of carbonyl (C=O) groups excluding carboxylic acids is 1. The predicted octanol–water partition coefficient (Wildman–Crippen LogP) is 5.48. The normalized spacial score (nSPS) is 12.8. The van der Waals surface area contributed by atoms with Crippen LogP contribution in [0, 0.1) is 0 Å². The third kappa shape index (κ3) is 3.66. The summed E-state index contributed by atoms with van der Waals surface area (Å²) in [5, 5.41) is 5.39. The van der Waals surface area contributed by atoms with Gasteiger partial charge in [0.25, 0.3) is 5.91 Å². The van der Waals surface area contributed by atoms with Gasteiger partial charge in [0, 0.05) is 5.39 Å². The average molecular weight is 409 g/mol. The first-order valence-corrected chi connectivity index (χ1v) is 9.30. The highest BCUT2D eigenvalue weighted by atomic mass is 19.4. The molecule has 1 aromatic heterocycles. The lowest BCUT2D eigenvalue weighted by Gasteiger charge is -2.17. The molecular weight excluding hydrogens is 391 g/mol. The van der Waals surface area contributed by atoms with Crippen LogP contribution in [-0.2, 0) is 6.18 Å². The zero-order valence-electron chi connectivity index (χ0n) is 16.0. The molecule has 4 aromatic rings. The smallest absolute Gasteiger partial charge is 0.383 e. The van der Waals surface area contributed by atoms with E-state index in [0.29, 0.717) is 5.39 Å². The molecule has 0 spiro atoms. The molecule has 7 heteroatoms. The summed E-state index contributed by atoms with van der Waals surface area (Å²) in [5.74, 6) is -0.563. The second-order valence-corrected chi connectivity index (χ2v) is 7.09. The lowest BCUT2D eigenvalue weighted by molar-refractivity contribution is -0.137. The molecule has 1 atom stereocenters. The van der Waals surface area contributed by atoms with Crippen molar-refractivity contribution < 1.29 is 18.0 Å². The number of nitrogens with two attached hydrogens (primary N) is 1. The molecule has 0 saturated carbocycles. The van der Waals surface area contributed by atoms with Gasteiger partial charge in [-0.3, -0.25) is 4.79 Å². The number of nitrogens with one attached hydrogen (secondary N) is 1. The molecule has 3 aromatic carbocycles. The van der Waals surface area contributed by atoms with Gasteiger partial charge in [0.2, 0.25) is 0 Å². The summed E-state index contributed by atoms with van der Waals surface area (Å²) < 4.78 is 38.7. The first-order chi connectivity index (χ1) is 14.2. The highest BCUT2D eigenvalue weighted by molar-refractivity contribution is 6.02. The van der Waals surface area contributed by atoms with Crippen molar-refractivity contribution in [2.75, 3.05) is 5.73 Å². The van der Waals surface area contributed by atoms with Gasteiger partial charge in [-0.05, 0) is 41.5 Å². The number of nitrogens with zero attached hydrogens (tertiary/aromatic N) is 1. The molecular formula is C23H18F3N3O. The number of amides is 1. The van der Waals surface area contributed by atoms with Crippen LogP contribution in [0.5, 0.6) is 0 Å². The Morgan fingerprint density at radius 1 is 1.00 bits per heavy atom. The maximum absolute atomic E-state index is 12.9. The first kappa shape index (κ1) is 19.7. The van der Waals surface area contributed by atoms with E-state index in [1.54, 1.807) is 0 Å². The Labute approximate surface area is 170 Å². The lowest BCUT2D eigenvalue weighted by atomic mass is 9.99. The van der Waals surface area contributed by atoms with Gasteiger partial charge in [-0.1, -0.05) is 48.5 Å². The quantitative estimate of drug-likeness (QED) is 0.471. The third-order valence-electron chi connectivity index (χ3n) is 5.06. The number of fused-ring (bicyclic) bond motifs is 2. The van der Waals surface area contributed by atoms with Crippen LogP contribution in [0.25, 0.3) is 21.7 Å². The van der Waals surface area contributed by atoms with E-state index >= 15 is 0 Å². The number of pyridine rings is 1. The molecule has 0 aliphatic carbocycles. The molecule has 0 fully saturated rings. The van der Waals surface area contributed by atoms with Crippen LogP contribution < -0.4 is 11.1 Å². The fourth-order valence-corrected chi connectivity index (χ4v) is 3.52. The zero-order valence-corrected chi connectivity index (χ0v) is 16.0. The van der Waals surface area contributed by atoms with E-state index in [0.717, 1.165) is 28.5 Å². The fraction of sp³-hybridized carbons (Fsp3) is 0.130. The Morgan fingerprint density at radius 2 is 1.73 bits per heavy atom. The molecule has 1 amide bonds. The largest absolute Gasteiger partial charge is 0.416 e. The van der Waals surface area contributed by atoms with Crippen LogP contribution in [0.1, 0.15) is 34.5 Å². The van der Waals surface area contributed by atoms with Gasteiger partial charge < -0.3 is 11.1 Å². The molecule has 30 heavy (non-hydrogen) atoms. The minimum absolute atomic E-state index is 0.0842. The topological polar surface area (TPSA) is 68.0 Å². The summed E-state index contributed by atoms with van der Waals surface area (Å²) in [6.07, 6.45) is -4.48. The van der Waals surface area contributed by atoms with Crippen molar-refractivity contribution in [2.24, 2.45) is 0 Å². The maximum atomic E-state index is 12.9. The van der Waals surface area contributed by atoms with Crippen molar-refractivity contribution >= 4 is 33.4 Å². The predicted molar refractivity (Wildman–Crippen MR) is 111 cm³/mol. The summed E-state index contributed by atoms with van der Waals surface area (Å²) >= 11 is 0. The number of halogens is 3. The van der Waals surface area contributed by atoms with Crippen LogP contribution in [0.15, 0.2) is 66.7 Å². The number of nitrogen functional groups attached to an aromatic ring is 1. The number of hydrogen-bond acceptors (Lipinski definition) is 3. The number of hydrogen-bond donors (Lipinski definition) is 2. The van der Waals surface area contributed by atoms with Crippen LogP contribution in [0.3, 0.4) is 0 Å². The second-order valence-electron chi connectivity index (χ2n) is 7.09. The number of carbonyl (C=O) groups is 1. The SMILES string of the molecule is CC(NC(=O)c1cc2ccc(C(F)(F)F)cc2nc1N)c1cccc2ccccc12. The fourth-order valence-electron chi connectivity index (χ4n) is 3.52. The van der Waals surface area contributed by atoms with Crippen molar-refractivity contribution in [1.82, 2.24) is 10.3 Å². The van der Waals surface area contributed by atoms with Crippen LogP contribution in [0.4, 0.5) is 19.0 Å². The minimum Gasteiger partial charge on any atom is -0.383 e. The Morgan fingerprint density at radius 3 is 2.50 bits per heavy atom. The molecule has 0 aliphatic heterocycles. The van der Waals surface area contributed by atoms with Gasteiger partial charge in [0.05, 0.1) is 22.7 Å². The standard InChI is InChI=1S/C23H18F3N3O/c1-13(17-8-4-6-14-5-2-3-7-18(14)17)28-22(30)19-11-15-9-10-16(23(24,25)26)12-20(15)29-21(19)27/h2-13H,1H3,(H2,27,29)(H,28,30). The van der Waals surface area contributed by atoms with E-state index in [4.69, 9.17) is 5.73 Å². The van der Waals surface area contributed by atoms with Gasteiger partial charge in [-0.2, -0.15) is 13.2 Å². The number of aromatic nitrogens is 1. The van der Waals surface area contributed by atoms with Crippen molar-refractivity contribution in [3.8, 4) is 0 Å². The van der Waals surface area contributed by atoms with Crippen molar-refractivity contribution in [1.29, 1.82) is 0 Å². The summed E-state index contributed by atoms with van der Waals surface area (Å²) in [6.45, 7) is 1.86. The number of anilines is 1. The van der Waals surface area contributed by atoms with Gasteiger partial charge in [-0.15, -0.1) is 0 Å². The summed E-state index contributed by atoms with van der Waals surface area (Å²) in [7, 11) is 0. The highest BCUT2D eigenvalue weighted by Gasteiger charge is 2.30. The monoisotopic (exact) mass is 409 g/mol. The van der Waals surface area contributed by atoms with Crippen LogP contribution >= 0.6 is 0 Å². The molecule has 0 aliphatic rings. The number of rotatable bonds is 3. The number of alkyl halides is 3. The molecule has 3 N–H and O–H groups in total. The Balaban J connectivity index is 1.65. The van der Waals surface area contributed by atoms with Crippen LogP contribution in [0.2, 0.25) is 0 Å². The summed E-state index contributed by atoms with van der Waals surface area (Å²) in [6, 6.07) is 18.0. The Bertz CT molecular complexity index is 1260. The molecule has 0 saturated heterocycles. The van der Waals surface area contributed by atoms with Gasteiger partial charge in [0.15, 0.2) is 0 Å². The van der Waals surface area contributed by atoms with E-state index in [-0.39, 0.29) is 22.9 Å². The summed E-state index contributed by atoms with van der Waals surface area (Å²) in [4.78, 5) is 16.9. The second kappa shape index (κ2) is 7.33. The zero-order chi connectivity index (χ0) is 21.5. The van der Waals surface area contributed by atoms with Gasteiger partial charge in [-0.25, -0.2) is 4.98 Å². The first-order valence-electron chi connectivity index (χ1n) is 9.30. The van der Waals surface area contributed by atoms with Crippen molar-refractivity contribution in [3.05, 3.63) is 83.4 Å². The van der Waals surface area contributed by atoms with E-state index in [2.05, 4.69) is 10.3 Å². The van der Waals surface area contributed by atoms with E-state index in [1.165, 1.54) is 12.1 Å². The minimum atomic E-state index is -4.48. The average Bonchev–Trinajstić information content (AvgIpc) is 2.71. The van der Waals surface area contributed by atoms with Gasteiger partial charge >= 0.3 is 6.18 Å². The molecule has 1 heterocycles.